The van der Waals surface area contributed by atoms with Crippen molar-refractivity contribution in [1.29, 1.82) is 0 Å². The lowest BCUT2D eigenvalue weighted by Gasteiger charge is -2.22. The zero-order valence-corrected chi connectivity index (χ0v) is 12.8. The number of carboxylic acid groups (broad SMARTS) is 1. The second kappa shape index (κ2) is 7.97. The number of hydrogen-bond donors (Lipinski definition) is 2. The lowest BCUT2D eigenvalue weighted by Crippen LogP contribution is -2.47. The van der Waals surface area contributed by atoms with Crippen molar-refractivity contribution in [3.05, 3.63) is 0 Å². The molecule has 7 nitrogen and oxygen atoms in total. The van der Waals surface area contributed by atoms with Gasteiger partial charge < -0.3 is 20.1 Å². The number of carboxylic acids is 1. The Balaban J connectivity index is 2.59. The average Bonchev–Trinajstić information content (AvgIpc) is 2.82. The Morgan fingerprint density at radius 2 is 2.19 bits per heavy atom. The highest BCUT2D eigenvalue weighted by atomic mass is 16.5. The van der Waals surface area contributed by atoms with Crippen LogP contribution in [0, 0.1) is 11.8 Å². The van der Waals surface area contributed by atoms with Gasteiger partial charge in [-0.25, -0.2) is 4.79 Å². The first kappa shape index (κ1) is 17.4. The molecule has 7 heteroatoms. The second-order valence-electron chi connectivity index (χ2n) is 5.44. The lowest BCUT2D eigenvalue weighted by molar-refractivity contribution is -0.143. The summed E-state index contributed by atoms with van der Waals surface area (Å²) in [6, 6.07) is -0.911. The molecule has 1 rings (SSSR count). The van der Waals surface area contributed by atoms with E-state index >= 15 is 0 Å². The van der Waals surface area contributed by atoms with Gasteiger partial charge in [-0.1, -0.05) is 20.3 Å². The molecule has 2 N–H and O–H groups in total. The van der Waals surface area contributed by atoms with E-state index in [9.17, 15) is 19.5 Å². The monoisotopic (exact) mass is 300 g/mol. The summed E-state index contributed by atoms with van der Waals surface area (Å²) in [7, 11) is 1.55. The van der Waals surface area contributed by atoms with Crippen LogP contribution in [0.25, 0.3) is 0 Å². The second-order valence-corrected chi connectivity index (χ2v) is 5.44. The van der Waals surface area contributed by atoms with Gasteiger partial charge in [-0.15, -0.1) is 0 Å². The minimum absolute atomic E-state index is 0.0948. The summed E-state index contributed by atoms with van der Waals surface area (Å²) in [6.07, 6.45) is 0.781. The number of amides is 2. The number of likely N-dealkylation sites (tertiary alicyclic amines) is 1. The van der Waals surface area contributed by atoms with Gasteiger partial charge in [-0.3, -0.25) is 9.59 Å². The topological polar surface area (TPSA) is 95.9 Å². The zero-order chi connectivity index (χ0) is 16.0. The summed E-state index contributed by atoms with van der Waals surface area (Å²) in [4.78, 5) is 36.7. The van der Waals surface area contributed by atoms with Crippen molar-refractivity contribution < 1.29 is 24.2 Å². The van der Waals surface area contributed by atoms with Crippen molar-refractivity contribution >= 4 is 17.8 Å². The van der Waals surface area contributed by atoms with Gasteiger partial charge in [-0.05, 0) is 5.92 Å². The fourth-order valence-electron chi connectivity index (χ4n) is 2.32. The summed E-state index contributed by atoms with van der Waals surface area (Å²) in [5.41, 5.74) is 0. The van der Waals surface area contributed by atoms with Gasteiger partial charge in [0.05, 0.1) is 12.5 Å². The summed E-state index contributed by atoms with van der Waals surface area (Å²) in [5, 5.41) is 11.7. The quantitative estimate of drug-likeness (QED) is 0.662. The molecule has 1 heterocycles. The van der Waals surface area contributed by atoms with Crippen LogP contribution in [0.3, 0.4) is 0 Å². The van der Waals surface area contributed by atoms with E-state index in [-0.39, 0.29) is 24.2 Å². The van der Waals surface area contributed by atoms with Gasteiger partial charge in [0, 0.05) is 26.6 Å². The van der Waals surface area contributed by atoms with Crippen molar-refractivity contribution in [2.75, 3.05) is 26.8 Å². The predicted molar refractivity (Wildman–Crippen MR) is 75.6 cm³/mol. The number of ether oxygens (including phenoxy) is 1. The summed E-state index contributed by atoms with van der Waals surface area (Å²) < 4.78 is 4.92. The molecule has 0 bridgehead atoms. The molecule has 1 aliphatic heterocycles. The van der Waals surface area contributed by atoms with Crippen LogP contribution in [-0.2, 0) is 19.1 Å². The van der Waals surface area contributed by atoms with Crippen LogP contribution in [-0.4, -0.2) is 60.6 Å². The minimum Gasteiger partial charge on any atom is -0.480 e. The lowest BCUT2D eigenvalue weighted by atomic mass is 9.98. The van der Waals surface area contributed by atoms with Crippen LogP contribution >= 0.6 is 0 Å². The predicted octanol–water partition coefficient (Wildman–Crippen LogP) is 0.0968. The normalized spacial score (nSPS) is 21.2. The van der Waals surface area contributed by atoms with E-state index in [2.05, 4.69) is 5.32 Å². The molecule has 2 unspecified atom stereocenters. The minimum atomic E-state index is -1.04. The summed E-state index contributed by atoms with van der Waals surface area (Å²) in [5.74, 6) is -2.15. The Bertz CT molecular complexity index is 399. The van der Waals surface area contributed by atoms with Crippen molar-refractivity contribution in [1.82, 2.24) is 10.2 Å². The van der Waals surface area contributed by atoms with Gasteiger partial charge >= 0.3 is 5.97 Å². The summed E-state index contributed by atoms with van der Waals surface area (Å²) in [6.45, 7) is 4.85. The molecule has 0 radical (unpaired) electrons. The number of rotatable bonds is 8. The highest BCUT2D eigenvalue weighted by Crippen LogP contribution is 2.18. The SMILES string of the molecule is CCC(C)[C@H](NC(=O)C1CC(=O)N(CCOC)C1)C(=O)O. The van der Waals surface area contributed by atoms with Crippen LogP contribution in [0.15, 0.2) is 0 Å². The molecule has 21 heavy (non-hydrogen) atoms. The fourth-order valence-corrected chi connectivity index (χ4v) is 2.32. The first-order chi connectivity index (χ1) is 9.90. The number of nitrogens with zero attached hydrogens (tertiary/aromatic N) is 1. The number of carbonyl (C=O) groups excluding carboxylic acids is 2. The van der Waals surface area contributed by atoms with E-state index in [0.29, 0.717) is 26.1 Å². The Kier molecular flexibility index (Phi) is 6.61. The number of carbonyl (C=O) groups is 3. The molecule has 0 aromatic heterocycles. The Hall–Kier alpha value is -1.63. The smallest absolute Gasteiger partial charge is 0.326 e. The number of hydrogen-bond acceptors (Lipinski definition) is 4. The largest absolute Gasteiger partial charge is 0.480 e. The Morgan fingerprint density at radius 3 is 2.71 bits per heavy atom. The highest BCUT2D eigenvalue weighted by Gasteiger charge is 2.36. The van der Waals surface area contributed by atoms with Gasteiger partial charge in [0.25, 0.3) is 0 Å². The Morgan fingerprint density at radius 1 is 1.52 bits per heavy atom. The molecule has 0 aromatic rings. The van der Waals surface area contributed by atoms with Crippen LogP contribution in [0.1, 0.15) is 26.7 Å². The van der Waals surface area contributed by atoms with Crippen LogP contribution in [0.2, 0.25) is 0 Å². The van der Waals surface area contributed by atoms with E-state index in [1.54, 1.807) is 18.9 Å². The molecule has 0 saturated carbocycles. The first-order valence-corrected chi connectivity index (χ1v) is 7.20. The molecular formula is C14H24N2O5. The van der Waals surface area contributed by atoms with Crippen molar-refractivity contribution in [3.63, 3.8) is 0 Å². The zero-order valence-electron chi connectivity index (χ0n) is 12.8. The van der Waals surface area contributed by atoms with Crippen LogP contribution in [0.5, 0.6) is 0 Å². The Labute approximate surface area is 124 Å². The molecule has 1 fully saturated rings. The standard InChI is InChI=1S/C14H24N2O5/c1-4-9(2)12(14(19)20)15-13(18)10-7-11(17)16(8-10)5-6-21-3/h9-10,12H,4-8H2,1-3H3,(H,15,18)(H,19,20)/t9?,10?,12-/m0/s1. The molecule has 1 aliphatic rings. The van der Waals surface area contributed by atoms with Crippen LogP contribution in [0.4, 0.5) is 0 Å². The fraction of sp³-hybridized carbons (Fsp3) is 0.786. The third-order valence-electron chi connectivity index (χ3n) is 3.93. The molecule has 120 valence electrons. The van der Waals surface area contributed by atoms with Gasteiger partial charge in [0.1, 0.15) is 6.04 Å². The molecule has 0 aliphatic carbocycles. The maximum Gasteiger partial charge on any atom is 0.326 e. The van der Waals surface area contributed by atoms with Crippen molar-refractivity contribution in [2.45, 2.75) is 32.7 Å². The maximum absolute atomic E-state index is 12.2. The van der Waals surface area contributed by atoms with E-state index in [1.807, 2.05) is 6.92 Å². The molecule has 3 atom stereocenters. The molecule has 0 spiro atoms. The van der Waals surface area contributed by atoms with Gasteiger partial charge in [0.2, 0.25) is 11.8 Å². The van der Waals surface area contributed by atoms with E-state index in [0.717, 1.165) is 0 Å². The third-order valence-corrected chi connectivity index (χ3v) is 3.93. The van der Waals surface area contributed by atoms with Gasteiger partial charge in [0.15, 0.2) is 0 Å². The average molecular weight is 300 g/mol. The molecule has 1 saturated heterocycles. The van der Waals surface area contributed by atoms with Gasteiger partial charge in [-0.2, -0.15) is 0 Å². The highest BCUT2D eigenvalue weighted by molar-refractivity contribution is 5.91. The molecule has 0 aromatic carbocycles. The summed E-state index contributed by atoms with van der Waals surface area (Å²) >= 11 is 0. The number of aliphatic carboxylic acids is 1. The number of nitrogens with one attached hydrogen (secondary N) is 1. The third kappa shape index (κ3) is 4.70. The number of methoxy groups -OCH3 is 1. The van der Waals surface area contributed by atoms with Crippen molar-refractivity contribution in [2.24, 2.45) is 11.8 Å². The maximum atomic E-state index is 12.2. The van der Waals surface area contributed by atoms with Crippen LogP contribution < -0.4 is 5.32 Å². The van der Waals surface area contributed by atoms with E-state index in [1.165, 1.54) is 0 Å². The van der Waals surface area contributed by atoms with Crippen molar-refractivity contribution in [3.8, 4) is 0 Å². The first-order valence-electron chi connectivity index (χ1n) is 7.20. The van der Waals surface area contributed by atoms with E-state index in [4.69, 9.17) is 4.74 Å². The molecule has 2 amide bonds. The van der Waals surface area contributed by atoms with E-state index < -0.39 is 17.9 Å². The molecular weight excluding hydrogens is 276 g/mol.